The fraction of sp³-hybridized carbons (Fsp3) is 0.462. The number of hydrogen-bond donors (Lipinski definition) is 0. The molecule has 0 radical (unpaired) electrons. The summed E-state index contributed by atoms with van der Waals surface area (Å²) in [5, 5.41) is -0.153. The van der Waals surface area contributed by atoms with E-state index in [1.807, 2.05) is 0 Å². The minimum atomic E-state index is -4.36. The summed E-state index contributed by atoms with van der Waals surface area (Å²) in [6.07, 6.45) is -4.44. The molecule has 0 atom stereocenters. The number of rotatable bonds is 4. The molecule has 2 nitrogen and oxygen atoms in total. The second-order valence-corrected chi connectivity index (χ2v) is 5.12. The molecular weight excluding hydrogens is 300 g/mol. The maximum Gasteiger partial charge on any atom is 0.411 e. The summed E-state index contributed by atoms with van der Waals surface area (Å²) in [5.74, 6) is -1.27. The van der Waals surface area contributed by atoms with Gasteiger partial charge in [-0.15, -0.1) is 0 Å². The van der Waals surface area contributed by atoms with Crippen LogP contribution in [0.2, 0.25) is 5.02 Å². The van der Waals surface area contributed by atoms with Gasteiger partial charge >= 0.3 is 6.18 Å². The molecule has 1 aliphatic carbocycles. The molecule has 1 aromatic rings. The summed E-state index contributed by atoms with van der Waals surface area (Å²) < 4.78 is 53.4. The topological polar surface area (TPSA) is 26.3 Å². The minimum Gasteiger partial charge on any atom is -0.369 e. The van der Waals surface area contributed by atoms with Crippen molar-refractivity contribution in [2.24, 2.45) is 5.92 Å². The normalized spacial score (nSPS) is 22.4. The maximum atomic E-state index is 13.0. The van der Waals surface area contributed by atoms with E-state index in [1.165, 1.54) is 12.1 Å². The van der Waals surface area contributed by atoms with E-state index in [1.54, 1.807) is 0 Å². The number of ketones is 1. The van der Waals surface area contributed by atoms with E-state index >= 15 is 0 Å². The smallest absolute Gasteiger partial charge is 0.369 e. The largest absolute Gasteiger partial charge is 0.411 e. The van der Waals surface area contributed by atoms with Crippen LogP contribution in [0.4, 0.5) is 17.6 Å². The average Bonchev–Trinajstić information content (AvgIpc) is 2.29. The monoisotopic (exact) mass is 310 g/mol. The van der Waals surface area contributed by atoms with Crippen LogP contribution in [-0.2, 0) is 4.74 Å². The number of benzene rings is 1. The van der Waals surface area contributed by atoms with E-state index in [9.17, 15) is 22.4 Å². The van der Waals surface area contributed by atoms with Gasteiger partial charge in [-0.05, 0) is 31.0 Å². The number of hydrogen-bond acceptors (Lipinski definition) is 2. The van der Waals surface area contributed by atoms with Crippen LogP contribution in [0.25, 0.3) is 0 Å². The molecule has 1 fully saturated rings. The van der Waals surface area contributed by atoms with Gasteiger partial charge < -0.3 is 4.74 Å². The Bertz CT molecular complexity index is 510. The number of Topliss-reactive ketones (excluding diaryl/α,β-unsaturated/α-hetero) is 1. The van der Waals surface area contributed by atoms with Gasteiger partial charge in [-0.3, -0.25) is 4.79 Å². The fourth-order valence-corrected chi connectivity index (χ4v) is 2.19. The summed E-state index contributed by atoms with van der Waals surface area (Å²) in [6, 6.07) is 3.63. The summed E-state index contributed by atoms with van der Waals surface area (Å²) in [6.45, 7) is -1.30. The lowest BCUT2D eigenvalue weighted by molar-refractivity contribution is -0.195. The first kappa shape index (κ1) is 15.3. The zero-order valence-corrected chi connectivity index (χ0v) is 11.0. The van der Waals surface area contributed by atoms with Crippen molar-refractivity contribution in [1.82, 2.24) is 0 Å². The van der Waals surface area contributed by atoms with Gasteiger partial charge in [0.25, 0.3) is 0 Å². The van der Waals surface area contributed by atoms with Gasteiger partial charge in [0.05, 0.1) is 11.1 Å². The van der Waals surface area contributed by atoms with Crippen molar-refractivity contribution in [3.63, 3.8) is 0 Å². The average molecular weight is 311 g/mol. The molecule has 1 aliphatic rings. The molecule has 0 aliphatic heterocycles. The molecule has 1 aromatic carbocycles. The van der Waals surface area contributed by atoms with E-state index in [0.717, 1.165) is 6.07 Å². The predicted molar refractivity (Wildman–Crippen MR) is 64.3 cm³/mol. The SMILES string of the molecule is O=C(c1ccc(F)c(Cl)c1)C1CC(OCC(F)(F)F)C1. The second-order valence-electron chi connectivity index (χ2n) is 4.71. The number of ether oxygens (including phenoxy) is 1. The Morgan fingerprint density at radius 3 is 2.55 bits per heavy atom. The third-order valence-corrected chi connectivity index (χ3v) is 3.44. The van der Waals surface area contributed by atoms with Crippen molar-refractivity contribution in [2.45, 2.75) is 25.1 Å². The van der Waals surface area contributed by atoms with Crippen molar-refractivity contribution in [3.8, 4) is 0 Å². The van der Waals surface area contributed by atoms with E-state index in [0.29, 0.717) is 0 Å². The zero-order valence-electron chi connectivity index (χ0n) is 10.2. The first-order valence-electron chi connectivity index (χ1n) is 5.94. The molecule has 0 aromatic heterocycles. The van der Waals surface area contributed by atoms with Crippen LogP contribution in [0, 0.1) is 11.7 Å². The van der Waals surface area contributed by atoms with Crippen LogP contribution >= 0.6 is 11.6 Å². The standard InChI is InChI=1S/C13H11ClF4O2/c14-10-5-7(1-2-11(10)15)12(19)8-3-9(4-8)20-6-13(16,17)18/h1-2,5,8-9H,3-4,6H2. The fourth-order valence-electron chi connectivity index (χ4n) is 2.01. The van der Waals surface area contributed by atoms with Crippen molar-refractivity contribution < 1.29 is 27.1 Å². The van der Waals surface area contributed by atoms with Crippen LogP contribution < -0.4 is 0 Å². The van der Waals surface area contributed by atoms with Crippen molar-refractivity contribution in [3.05, 3.63) is 34.6 Å². The van der Waals surface area contributed by atoms with Crippen LogP contribution in [0.15, 0.2) is 18.2 Å². The molecule has 0 saturated heterocycles. The Kier molecular flexibility index (Phi) is 4.34. The van der Waals surface area contributed by atoms with Gasteiger partial charge in [-0.2, -0.15) is 13.2 Å². The van der Waals surface area contributed by atoms with Crippen molar-refractivity contribution in [2.75, 3.05) is 6.61 Å². The van der Waals surface area contributed by atoms with Crippen LogP contribution in [0.1, 0.15) is 23.2 Å². The Hall–Kier alpha value is -1.14. The lowest BCUT2D eigenvalue weighted by Gasteiger charge is -2.34. The third-order valence-electron chi connectivity index (χ3n) is 3.15. The van der Waals surface area contributed by atoms with Crippen LogP contribution in [0.5, 0.6) is 0 Å². The Balaban J connectivity index is 1.86. The molecule has 2 rings (SSSR count). The van der Waals surface area contributed by atoms with Gasteiger partial charge in [0.2, 0.25) is 0 Å². The summed E-state index contributed by atoms with van der Waals surface area (Å²) >= 11 is 5.58. The van der Waals surface area contributed by atoms with Gasteiger partial charge in [0.15, 0.2) is 5.78 Å². The number of carbonyl (C=O) groups excluding carboxylic acids is 1. The molecule has 0 heterocycles. The van der Waals surface area contributed by atoms with Crippen molar-refractivity contribution in [1.29, 1.82) is 0 Å². The molecule has 0 amide bonds. The van der Waals surface area contributed by atoms with Crippen molar-refractivity contribution >= 4 is 17.4 Å². The van der Waals surface area contributed by atoms with E-state index < -0.39 is 30.6 Å². The molecule has 0 unspecified atom stereocenters. The van der Waals surface area contributed by atoms with Gasteiger partial charge in [-0.1, -0.05) is 11.6 Å². The molecular formula is C13H11ClF4O2. The highest BCUT2D eigenvalue weighted by Crippen LogP contribution is 2.34. The minimum absolute atomic E-state index is 0.153. The molecule has 0 N–H and O–H groups in total. The molecule has 0 spiro atoms. The quantitative estimate of drug-likeness (QED) is 0.620. The van der Waals surface area contributed by atoms with E-state index in [-0.39, 0.29) is 29.2 Å². The predicted octanol–water partition coefficient (Wildman–Crippen LogP) is 4.02. The van der Waals surface area contributed by atoms with Crippen LogP contribution in [0.3, 0.4) is 0 Å². The maximum absolute atomic E-state index is 13.0. The highest BCUT2D eigenvalue weighted by molar-refractivity contribution is 6.31. The summed E-state index contributed by atoms with van der Waals surface area (Å²) in [7, 11) is 0. The summed E-state index contributed by atoms with van der Waals surface area (Å²) in [4.78, 5) is 12.0. The Morgan fingerprint density at radius 1 is 1.35 bits per heavy atom. The second kappa shape index (κ2) is 5.69. The lowest BCUT2D eigenvalue weighted by Crippen LogP contribution is -2.38. The molecule has 20 heavy (non-hydrogen) atoms. The van der Waals surface area contributed by atoms with Gasteiger partial charge in [-0.25, -0.2) is 4.39 Å². The third kappa shape index (κ3) is 3.70. The van der Waals surface area contributed by atoms with E-state index in [4.69, 9.17) is 11.6 Å². The highest BCUT2D eigenvalue weighted by atomic mass is 35.5. The highest BCUT2D eigenvalue weighted by Gasteiger charge is 2.38. The van der Waals surface area contributed by atoms with Crippen LogP contribution in [-0.4, -0.2) is 24.7 Å². The summed E-state index contributed by atoms with van der Waals surface area (Å²) in [5.41, 5.74) is 0.260. The van der Waals surface area contributed by atoms with E-state index in [2.05, 4.69) is 4.74 Å². The first-order valence-corrected chi connectivity index (χ1v) is 6.31. The lowest BCUT2D eigenvalue weighted by atomic mass is 9.77. The first-order chi connectivity index (χ1) is 9.26. The Labute approximate surface area is 117 Å². The van der Waals surface area contributed by atoms with Gasteiger partial charge in [0, 0.05) is 11.5 Å². The number of halogens is 5. The zero-order chi connectivity index (χ0) is 14.9. The molecule has 7 heteroatoms. The molecule has 110 valence electrons. The van der Waals surface area contributed by atoms with Gasteiger partial charge in [0.1, 0.15) is 12.4 Å². The Morgan fingerprint density at radius 2 is 2.00 bits per heavy atom. The number of carbonyl (C=O) groups is 1. The number of alkyl halides is 3. The molecule has 1 saturated carbocycles. The molecule has 0 bridgehead atoms.